The first-order valence-corrected chi connectivity index (χ1v) is 20.1. The fraction of sp³-hybridized carbons (Fsp3) is 0.304. The van der Waals surface area contributed by atoms with Crippen molar-refractivity contribution < 1.29 is 48.8 Å². The van der Waals surface area contributed by atoms with Crippen LogP contribution in [0.3, 0.4) is 0 Å². The molecule has 320 valence electrons. The van der Waals surface area contributed by atoms with Gasteiger partial charge >= 0.3 is 11.9 Å². The minimum Gasteiger partial charge on any atom is -0.484 e. The maximum Gasteiger partial charge on any atom is 0.326 e. The normalized spacial score (nSPS) is 14.8. The van der Waals surface area contributed by atoms with Crippen LogP contribution in [0.15, 0.2) is 115 Å². The van der Waals surface area contributed by atoms with Gasteiger partial charge in [0, 0.05) is 6.54 Å². The van der Waals surface area contributed by atoms with E-state index in [-0.39, 0.29) is 19.4 Å². The third-order valence-electron chi connectivity index (χ3n) is 10.2. The molecule has 4 aromatic carbocycles. The molecule has 8 N–H and O–H groups in total. The van der Waals surface area contributed by atoms with Gasteiger partial charge in [-0.05, 0) is 84.2 Å². The number of nitrogens with zero attached hydrogens (tertiary/aromatic N) is 1. The number of aliphatic carboxylic acids is 2. The molecule has 61 heavy (non-hydrogen) atoms. The lowest BCUT2D eigenvalue weighted by molar-refractivity contribution is -0.149. The molecule has 0 bridgehead atoms. The molecule has 0 aliphatic carbocycles. The zero-order valence-electron chi connectivity index (χ0n) is 33.6. The molecule has 15 heteroatoms. The van der Waals surface area contributed by atoms with Crippen molar-refractivity contribution in [2.24, 2.45) is 5.73 Å². The molecule has 1 fully saturated rings. The van der Waals surface area contributed by atoms with E-state index in [2.05, 4.69) is 40.2 Å². The number of carboxylic acids is 2. The Labute approximate surface area is 353 Å². The fourth-order valence-corrected chi connectivity index (χ4v) is 7.19. The van der Waals surface area contributed by atoms with E-state index in [1.165, 1.54) is 4.90 Å². The third kappa shape index (κ3) is 12.6. The Bertz CT molecular complexity index is 2110. The minimum atomic E-state index is -1.72. The van der Waals surface area contributed by atoms with Crippen molar-refractivity contribution >= 4 is 46.7 Å². The van der Waals surface area contributed by atoms with Crippen LogP contribution in [-0.4, -0.2) is 106 Å². The summed E-state index contributed by atoms with van der Waals surface area (Å²) in [5.41, 5.74) is 11.5. The van der Waals surface area contributed by atoms with Gasteiger partial charge in [0.05, 0.1) is 13.0 Å². The topological polar surface area (TPSA) is 238 Å². The molecule has 5 rings (SSSR count). The van der Waals surface area contributed by atoms with Gasteiger partial charge in [0.25, 0.3) is 5.91 Å². The summed E-state index contributed by atoms with van der Waals surface area (Å²) in [5.74, 6) is -5.82. The lowest BCUT2D eigenvalue weighted by Crippen LogP contribution is -2.58. The van der Waals surface area contributed by atoms with Crippen LogP contribution in [0.5, 0.6) is 5.75 Å². The average Bonchev–Trinajstić information content (AvgIpc) is 3.78. The molecule has 15 nitrogen and oxygen atoms in total. The van der Waals surface area contributed by atoms with Gasteiger partial charge in [-0.2, -0.15) is 0 Å². The molecule has 0 radical (unpaired) electrons. The van der Waals surface area contributed by atoms with Gasteiger partial charge in [-0.1, -0.05) is 103 Å². The Morgan fingerprint density at radius 1 is 0.672 bits per heavy atom. The standard InChI is InChI=1S/C46H51N5O10/c47-25-11-10-19-35(45(58)51-26-12-20-38(51)46(59)60)49-43(56)36(27-40(54)55)50-44(57)37(28-52)48-39(53)29-61-34-23-21-33(22-24-34)42(32-17-8-3-9-18-32)41(30-13-4-1-5-14-30)31-15-6-2-7-16-31/h1-9,13-18,21-24,35-38,52H,10-12,19-20,25-29,47H2,(H,48,53)(H,49,56)(H,50,57)(H,54,55)(H,59,60)/t35-,36-,37-,38-/m0/s1. The van der Waals surface area contributed by atoms with E-state index < -0.39 is 79.4 Å². The Balaban J connectivity index is 1.26. The molecule has 0 aromatic heterocycles. The van der Waals surface area contributed by atoms with Crippen LogP contribution in [0.1, 0.15) is 60.8 Å². The highest BCUT2D eigenvalue weighted by Gasteiger charge is 2.38. The van der Waals surface area contributed by atoms with Gasteiger partial charge in [-0.25, -0.2) is 4.79 Å². The number of benzene rings is 4. The number of nitrogens with two attached hydrogens (primary N) is 1. The molecular formula is C46H51N5O10. The second-order valence-corrected chi connectivity index (χ2v) is 14.5. The van der Waals surface area contributed by atoms with Crippen LogP contribution >= 0.6 is 0 Å². The van der Waals surface area contributed by atoms with E-state index in [0.29, 0.717) is 31.6 Å². The first-order chi connectivity index (χ1) is 29.5. The van der Waals surface area contributed by atoms with Crippen LogP contribution < -0.4 is 26.4 Å². The number of hydrogen-bond donors (Lipinski definition) is 7. The van der Waals surface area contributed by atoms with E-state index in [1.54, 1.807) is 12.1 Å². The van der Waals surface area contributed by atoms with Gasteiger partial charge in [-0.15, -0.1) is 0 Å². The van der Waals surface area contributed by atoms with E-state index in [1.807, 2.05) is 78.9 Å². The van der Waals surface area contributed by atoms with E-state index in [4.69, 9.17) is 10.5 Å². The van der Waals surface area contributed by atoms with Gasteiger partial charge in [0.15, 0.2) is 6.61 Å². The molecule has 1 heterocycles. The summed E-state index contributed by atoms with van der Waals surface area (Å²) in [7, 11) is 0. The summed E-state index contributed by atoms with van der Waals surface area (Å²) >= 11 is 0. The molecular weight excluding hydrogens is 783 g/mol. The molecule has 1 aliphatic heterocycles. The number of carboxylic acid groups (broad SMARTS) is 2. The number of amides is 4. The number of likely N-dealkylation sites (tertiary alicyclic amines) is 1. The van der Waals surface area contributed by atoms with E-state index in [9.17, 15) is 44.1 Å². The summed E-state index contributed by atoms with van der Waals surface area (Å²) in [5, 5.41) is 36.3. The molecule has 1 saturated heterocycles. The molecule has 1 aliphatic rings. The highest BCUT2D eigenvalue weighted by Crippen LogP contribution is 2.37. The predicted molar refractivity (Wildman–Crippen MR) is 227 cm³/mol. The van der Waals surface area contributed by atoms with Crippen molar-refractivity contribution in [1.82, 2.24) is 20.9 Å². The van der Waals surface area contributed by atoms with Crippen molar-refractivity contribution in [2.75, 3.05) is 26.3 Å². The molecule has 4 atom stereocenters. The average molecular weight is 834 g/mol. The zero-order chi connectivity index (χ0) is 43.7. The SMILES string of the molecule is NCCCC[C@H](NC(=O)[C@H](CC(=O)O)NC(=O)[C@H](CO)NC(=O)COc1ccc(C(=C(c2ccccc2)c2ccccc2)c2ccccc2)cc1)C(=O)N1CCC[C@H]1C(=O)O. The number of ether oxygens (including phenoxy) is 1. The van der Waals surface area contributed by atoms with Crippen LogP contribution in [-0.2, 0) is 28.8 Å². The summed E-state index contributed by atoms with van der Waals surface area (Å²) in [6, 6.07) is 31.6. The maximum atomic E-state index is 13.5. The largest absolute Gasteiger partial charge is 0.484 e. The summed E-state index contributed by atoms with van der Waals surface area (Å²) in [4.78, 5) is 77.8. The lowest BCUT2D eigenvalue weighted by atomic mass is 9.86. The van der Waals surface area contributed by atoms with E-state index >= 15 is 0 Å². The predicted octanol–water partition coefficient (Wildman–Crippen LogP) is 3.20. The van der Waals surface area contributed by atoms with Crippen molar-refractivity contribution in [1.29, 1.82) is 0 Å². The quantitative estimate of drug-likeness (QED) is 0.0476. The Hall–Kier alpha value is -6.84. The van der Waals surface area contributed by atoms with E-state index in [0.717, 1.165) is 33.4 Å². The lowest BCUT2D eigenvalue weighted by Gasteiger charge is -2.29. The second-order valence-electron chi connectivity index (χ2n) is 14.5. The number of carbonyl (C=O) groups excluding carboxylic acids is 4. The first-order valence-electron chi connectivity index (χ1n) is 20.1. The van der Waals surface area contributed by atoms with Crippen molar-refractivity contribution in [3.8, 4) is 5.75 Å². The van der Waals surface area contributed by atoms with Crippen molar-refractivity contribution in [2.45, 2.75) is 62.7 Å². The van der Waals surface area contributed by atoms with Crippen molar-refractivity contribution in [3.05, 3.63) is 138 Å². The monoisotopic (exact) mass is 833 g/mol. The fourth-order valence-electron chi connectivity index (χ4n) is 7.19. The first kappa shape index (κ1) is 45.2. The Morgan fingerprint density at radius 2 is 1.18 bits per heavy atom. The highest BCUT2D eigenvalue weighted by atomic mass is 16.5. The van der Waals surface area contributed by atoms with Crippen LogP contribution in [0.25, 0.3) is 11.1 Å². The molecule has 4 amide bonds. The van der Waals surface area contributed by atoms with Gasteiger partial charge in [0.1, 0.15) is 29.9 Å². The number of nitrogens with one attached hydrogen (secondary N) is 3. The molecule has 4 aromatic rings. The summed E-state index contributed by atoms with van der Waals surface area (Å²) in [6.07, 6.45) is 0.785. The number of hydrogen-bond acceptors (Lipinski definition) is 9. The van der Waals surface area contributed by atoms with Gasteiger partial charge in [-0.3, -0.25) is 24.0 Å². The minimum absolute atomic E-state index is 0.0870. The van der Waals surface area contributed by atoms with Crippen LogP contribution in [0.2, 0.25) is 0 Å². The number of aliphatic hydroxyl groups excluding tert-OH is 1. The summed E-state index contributed by atoms with van der Waals surface area (Å²) < 4.78 is 5.74. The number of unbranched alkanes of at least 4 members (excludes halogenated alkanes) is 1. The number of rotatable bonds is 21. The molecule has 0 saturated carbocycles. The van der Waals surface area contributed by atoms with Crippen LogP contribution in [0, 0.1) is 0 Å². The van der Waals surface area contributed by atoms with Crippen LogP contribution in [0.4, 0.5) is 0 Å². The Kier molecular flexibility index (Phi) is 16.7. The van der Waals surface area contributed by atoms with Crippen molar-refractivity contribution in [3.63, 3.8) is 0 Å². The van der Waals surface area contributed by atoms with Gasteiger partial charge < -0.3 is 46.6 Å². The Morgan fingerprint density at radius 3 is 1.67 bits per heavy atom. The molecule has 0 spiro atoms. The molecule has 0 unspecified atom stereocenters. The highest BCUT2D eigenvalue weighted by molar-refractivity contribution is 6.04. The number of carbonyl (C=O) groups is 6. The zero-order valence-corrected chi connectivity index (χ0v) is 33.6. The maximum absolute atomic E-state index is 13.5. The summed E-state index contributed by atoms with van der Waals surface area (Å²) in [6.45, 7) is -0.988. The smallest absolute Gasteiger partial charge is 0.326 e. The third-order valence-corrected chi connectivity index (χ3v) is 10.2. The van der Waals surface area contributed by atoms with Gasteiger partial charge in [0.2, 0.25) is 17.7 Å². The second kappa shape index (κ2) is 22.5. The number of aliphatic hydroxyl groups is 1.